The second-order valence-electron chi connectivity index (χ2n) is 5.43. The first-order valence-electron chi connectivity index (χ1n) is 7.16. The molecule has 1 fully saturated rings. The number of methoxy groups -OCH3 is 1. The summed E-state index contributed by atoms with van der Waals surface area (Å²) in [7, 11) is 3.96. The van der Waals surface area contributed by atoms with Crippen LogP contribution in [0.4, 0.5) is 0 Å². The molecule has 1 aliphatic carbocycles. The second kappa shape index (κ2) is 8.90. The Morgan fingerprint density at radius 3 is 2.65 bits per heavy atom. The Bertz CT molecular complexity index is 181. The fourth-order valence-corrected chi connectivity index (χ4v) is 2.53. The topological polar surface area (TPSA) is 24.5 Å². The summed E-state index contributed by atoms with van der Waals surface area (Å²) in [6.07, 6.45) is 8.28. The molecule has 0 aromatic heterocycles. The highest BCUT2D eigenvalue weighted by molar-refractivity contribution is 4.72. The van der Waals surface area contributed by atoms with Gasteiger partial charge in [-0.05, 0) is 46.3 Å². The lowest BCUT2D eigenvalue weighted by molar-refractivity contribution is 0.114. The van der Waals surface area contributed by atoms with Crippen LogP contribution in [0.15, 0.2) is 0 Å². The number of rotatable bonds is 8. The van der Waals surface area contributed by atoms with Gasteiger partial charge in [0.15, 0.2) is 0 Å². The summed E-state index contributed by atoms with van der Waals surface area (Å²) in [5.74, 6) is 0. The van der Waals surface area contributed by atoms with E-state index >= 15 is 0 Å². The van der Waals surface area contributed by atoms with E-state index in [1.165, 1.54) is 38.5 Å². The molecule has 0 saturated heterocycles. The average Bonchev–Trinajstić information content (AvgIpc) is 2.36. The lowest BCUT2D eigenvalue weighted by Crippen LogP contribution is -2.36. The van der Waals surface area contributed by atoms with E-state index in [1.54, 1.807) is 7.11 Å². The number of nitrogens with zero attached hydrogens (tertiary/aromatic N) is 1. The lowest BCUT2D eigenvalue weighted by Gasteiger charge is -2.26. The summed E-state index contributed by atoms with van der Waals surface area (Å²) >= 11 is 0. The molecule has 1 unspecified atom stereocenters. The maximum Gasteiger partial charge on any atom is 0.0615 e. The molecule has 0 bridgehead atoms. The smallest absolute Gasteiger partial charge is 0.0615 e. The van der Waals surface area contributed by atoms with Gasteiger partial charge in [-0.25, -0.2) is 0 Å². The molecule has 0 aromatic carbocycles. The van der Waals surface area contributed by atoms with Crippen LogP contribution >= 0.6 is 0 Å². The molecule has 0 aromatic rings. The SMILES string of the molecule is COCC(C)N(C)CCCNC1CCCCC1. The van der Waals surface area contributed by atoms with Crippen LogP contribution in [0.2, 0.25) is 0 Å². The molecule has 1 atom stereocenters. The van der Waals surface area contributed by atoms with E-state index in [4.69, 9.17) is 4.74 Å². The lowest BCUT2D eigenvalue weighted by atomic mass is 9.95. The van der Waals surface area contributed by atoms with Crippen molar-refractivity contribution >= 4 is 0 Å². The molecule has 3 heteroatoms. The van der Waals surface area contributed by atoms with Crippen LogP contribution in [0, 0.1) is 0 Å². The van der Waals surface area contributed by atoms with Gasteiger partial charge in [0.1, 0.15) is 0 Å². The normalized spacial score (nSPS) is 19.8. The minimum absolute atomic E-state index is 0.523. The highest BCUT2D eigenvalue weighted by Gasteiger charge is 2.12. The predicted molar refractivity (Wildman–Crippen MR) is 73.5 cm³/mol. The zero-order valence-electron chi connectivity index (χ0n) is 11.9. The summed E-state index contributed by atoms with van der Waals surface area (Å²) in [5.41, 5.74) is 0. The van der Waals surface area contributed by atoms with Crippen molar-refractivity contribution in [2.24, 2.45) is 0 Å². The first-order chi connectivity index (χ1) is 8.24. The third kappa shape index (κ3) is 6.39. The average molecular weight is 242 g/mol. The Morgan fingerprint density at radius 1 is 1.29 bits per heavy atom. The van der Waals surface area contributed by atoms with E-state index < -0.39 is 0 Å². The van der Waals surface area contributed by atoms with Crippen molar-refractivity contribution in [2.75, 3.05) is 33.9 Å². The summed E-state index contributed by atoms with van der Waals surface area (Å²) in [5, 5.41) is 3.69. The van der Waals surface area contributed by atoms with Crippen LogP contribution in [0.5, 0.6) is 0 Å². The third-order valence-electron chi connectivity index (χ3n) is 3.89. The number of hydrogen-bond acceptors (Lipinski definition) is 3. The Labute approximate surface area is 107 Å². The van der Waals surface area contributed by atoms with Crippen LogP contribution in [-0.4, -0.2) is 50.8 Å². The first-order valence-corrected chi connectivity index (χ1v) is 7.16. The fraction of sp³-hybridized carbons (Fsp3) is 1.00. The van der Waals surface area contributed by atoms with E-state index in [9.17, 15) is 0 Å². The Kier molecular flexibility index (Phi) is 7.82. The predicted octanol–water partition coefficient (Wildman–Crippen LogP) is 2.27. The largest absolute Gasteiger partial charge is 0.383 e. The van der Waals surface area contributed by atoms with Crippen molar-refractivity contribution < 1.29 is 4.74 Å². The molecule has 0 amide bonds. The quantitative estimate of drug-likeness (QED) is 0.661. The van der Waals surface area contributed by atoms with Crippen LogP contribution in [0.1, 0.15) is 45.4 Å². The van der Waals surface area contributed by atoms with Gasteiger partial charge in [-0.2, -0.15) is 0 Å². The number of likely N-dealkylation sites (N-methyl/N-ethyl adjacent to an activating group) is 1. The van der Waals surface area contributed by atoms with Crippen LogP contribution in [0.25, 0.3) is 0 Å². The molecule has 0 heterocycles. The van der Waals surface area contributed by atoms with Gasteiger partial charge in [0.2, 0.25) is 0 Å². The summed E-state index contributed by atoms with van der Waals surface area (Å²) in [4.78, 5) is 2.38. The van der Waals surface area contributed by atoms with Crippen molar-refractivity contribution in [3.63, 3.8) is 0 Å². The molecular formula is C14H30N2O. The highest BCUT2D eigenvalue weighted by atomic mass is 16.5. The van der Waals surface area contributed by atoms with Crippen molar-refractivity contribution in [3.05, 3.63) is 0 Å². The zero-order chi connectivity index (χ0) is 12.5. The van der Waals surface area contributed by atoms with Gasteiger partial charge in [-0.1, -0.05) is 19.3 Å². The van der Waals surface area contributed by atoms with Crippen molar-refractivity contribution in [1.29, 1.82) is 0 Å². The molecule has 0 aliphatic heterocycles. The maximum absolute atomic E-state index is 5.17. The standard InChI is InChI=1S/C14H30N2O/c1-13(12-17-3)16(2)11-7-10-15-14-8-5-4-6-9-14/h13-15H,4-12H2,1-3H3. The van der Waals surface area contributed by atoms with Crippen LogP contribution in [0.3, 0.4) is 0 Å². The second-order valence-corrected chi connectivity index (χ2v) is 5.43. The minimum Gasteiger partial charge on any atom is -0.383 e. The van der Waals surface area contributed by atoms with Gasteiger partial charge >= 0.3 is 0 Å². The maximum atomic E-state index is 5.17. The summed E-state index contributed by atoms with van der Waals surface area (Å²) < 4.78 is 5.17. The molecule has 3 nitrogen and oxygen atoms in total. The Hall–Kier alpha value is -0.120. The fourth-order valence-electron chi connectivity index (χ4n) is 2.53. The van der Waals surface area contributed by atoms with Crippen LogP contribution in [-0.2, 0) is 4.74 Å². The van der Waals surface area contributed by atoms with E-state index in [0.29, 0.717) is 6.04 Å². The van der Waals surface area contributed by atoms with Gasteiger partial charge in [-0.15, -0.1) is 0 Å². The Balaban J connectivity index is 1.99. The number of ether oxygens (including phenoxy) is 1. The van der Waals surface area contributed by atoms with Crippen LogP contribution < -0.4 is 5.32 Å². The van der Waals surface area contributed by atoms with Gasteiger partial charge in [-0.3, -0.25) is 0 Å². The molecule has 0 spiro atoms. The molecular weight excluding hydrogens is 212 g/mol. The van der Waals surface area contributed by atoms with Gasteiger partial charge in [0, 0.05) is 19.2 Å². The van der Waals surface area contributed by atoms with Crippen molar-refractivity contribution in [2.45, 2.75) is 57.5 Å². The molecule has 1 saturated carbocycles. The molecule has 1 N–H and O–H groups in total. The third-order valence-corrected chi connectivity index (χ3v) is 3.89. The molecule has 17 heavy (non-hydrogen) atoms. The molecule has 1 aliphatic rings. The molecule has 102 valence electrons. The summed E-state index contributed by atoms with van der Waals surface area (Å²) in [6.45, 7) is 5.36. The van der Waals surface area contributed by atoms with Gasteiger partial charge < -0.3 is 15.0 Å². The monoisotopic (exact) mass is 242 g/mol. The van der Waals surface area contributed by atoms with Crippen molar-refractivity contribution in [3.8, 4) is 0 Å². The molecule has 1 rings (SSSR count). The van der Waals surface area contributed by atoms with E-state index in [-0.39, 0.29) is 0 Å². The van der Waals surface area contributed by atoms with Crippen molar-refractivity contribution in [1.82, 2.24) is 10.2 Å². The number of hydrogen-bond donors (Lipinski definition) is 1. The first kappa shape index (κ1) is 14.9. The van der Waals surface area contributed by atoms with E-state index in [1.807, 2.05) is 0 Å². The Morgan fingerprint density at radius 2 is 2.00 bits per heavy atom. The number of nitrogens with one attached hydrogen (secondary N) is 1. The van der Waals surface area contributed by atoms with Gasteiger partial charge in [0.05, 0.1) is 6.61 Å². The zero-order valence-corrected chi connectivity index (χ0v) is 11.9. The van der Waals surface area contributed by atoms with E-state index in [2.05, 4.69) is 24.2 Å². The minimum atomic E-state index is 0.523. The van der Waals surface area contributed by atoms with Gasteiger partial charge in [0.25, 0.3) is 0 Å². The summed E-state index contributed by atoms with van der Waals surface area (Å²) in [6, 6.07) is 1.32. The highest BCUT2D eigenvalue weighted by Crippen LogP contribution is 2.17. The molecule has 0 radical (unpaired) electrons. The van der Waals surface area contributed by atoms with E-state index in [0.717, 1.165) is 25.7 Å².